The Morgan fingerprint density at radius 2 is 1.92 bits per heavy atom. The molecule has 138 valence electrons. The molecule has 1 saturated heterocycles. The summed E-state index contributed by atoms with van der Waals surface area (Å²) in [7, 11) is 0. The highest BCUT2D eigenvalue weighted by Crippen LogP contribution is 2.22. The highest BCUT2D eigenvalue weighted by molar-refractivity contribution is 5.92. The minimum Gasteiger partial charge on any atom is -0.616 e. The molecule has 0 radical (unpaired) electrons. The van der Waals surface area contributed by atoms with Gasteiger partial charge in [0, 0.05) is 30.5 Å². The van der Waals surface area contributed by atoms with Crippen molar-refractivity contribution in [3.63, 3.8) is 0 Å². The van der Waals surface area contributed by atoms with E-state index in [2.05, 4.69) is 24.1 Å². The molecule has 0 spiro atoms. The number of ether oxygens (including phenoxy) is 2. The molecule has 1 aromatic heterocycles. The summed E-state index contributed by atoms with van der Waals surface area (Å²) >= 11 is 0. The van der Waals surface area contributed by atoms with E-state index in [0.717, 1.165) is 18.8 Å². The number of pyridine rings is 1. The molecule has 0 aliphatic carbocycles. The molecule has 0 saturated carbocycles. The maximum atomic E-state index is 12.0. The summed E-state index contributed by atoms with van der Waals surface area (Å²) in [4.78, 5) is 14.3. The number of amides is 1. The molecular formula is C19H23N3O4. The van der Waals surface area contributed by atoms with Crippen molar-refractivity contribution in [3.8, 4) is 5.88 Å². The first-order valence-electron chi connectivity index (χ1n) is 8.62. The maximum absolute atomic E-state index is 12.0. The first-order chi connectivity index (χ1) is 12.5. The Labute approximate surface area is 152 Å². The molecule has 2 atom stereocenters. The van der Waals surface area contributed by atoms with Crippen LogP contribution >= 0.6 is 0 Å². The first kappa shape index (κ1) is 18.0. The van der Waals surface area contributed by atoms with E-state index in [1.54, 1.807) is 12.1 Å². The number of nitrogens with zero attached hydrogens (tertiary/aromatic N) is 2. The van der Waals surface area contributed by atoms with Crippen molar-refractivity contribution in [3.05, 3.63) is 53.9 Å². The molecule has 2 heterocycles. The van der Waals surface area contributed by atoms with Crippen molar-refractivity contribution in [2.75, 3.05) is 29.9 Å². The van der Waals surface area contributed by atoms with Crippen LogP contribution in [0.25, 0.3) is 0 Å². The fraction of sp³-hybridized carbons (Fsp3) is 0.368. The summed E-state index contributed by atoms with van der Waals surface area (Å²) in [6.45, 7) is 5.59. The van der Waals surface area contributed by atoms with E-state index in [1.807, 2.05) is 24.3 Å². The topological polar surface area (TPSA) is 77.7 Å². The summed E-state index contributed by atoms with van der Waals surface area (Å²) < 4.78 is 11.6. The van der Waals surface area contributed by atoms with Crippen LogP contribution in [0, 0.1) is 5.21 Å². The van der Waals surface area contributed by atoms with Gasteiger partial charge in [0.15, 0.2) is 12.8 Å². The van der Waals surface area contributed by atoms with Gasteiger partial charge < -0.3 is 24.9 Å². The highest BCUT2D eigenvalue weighted by Gasteiger charge is 2.22. The molecule has 1 aromatic carbocycles. The molecule has 7 heteroatoms. The number of morpholine rings is 1. The Morgan fingerprint density at radius 3 is 2.58 bits per heavy atom. The Morgan fingerprint density at radius 1 is 1.23 bits per heavy atom. The Hall–Kier alpha value is -2.80. The summed E-state index contributed by atoms with van der Waals surface area (Å²) in [5, 5.41) is 14.2. The third kappa shape index (κ3) is 4.64. The van der Waals surface area contributed by atoms with Gasteiger partial charge >= 0.3 is 5.88 Å². The van der Waals surface area contributed by atoms with Crippen LogP contribution in [0.5, 0.6) is 5.88 Å². The molecule has 1 aliphatic rings. The molecule has 7 nitrogen and oxygen atoms in total. The minimum atomic E-state index is -0.324. The van der Waals surface area contributed by atoms with E-state index in [4.69, 9.17) is 9.47 Å². The summed E-state index contributed by atoms with van der Waals surface area (Å²) in [5.74, 6) is -0.233. The SMILES string of the molecule is CC1CN(c2ccc(NC(=O)COc3cccc[n+]3[O-])cc2)CC(C)O1. The average Bonchev–Trinajstić information content (AvgIpc) is 2.61. The Balaban J connectivity index is 1.54. The molecule has 1 fully saturated rings. The van der Waals surface area contributed by atoms with Crippen molar-refractivity contribution < 1.29 is 19.0 Å². The van der Waals surface area contributed by atoms with Crippen molar-refractivity contribution in [1.82, 2.24) is 0 Å². The molecule has 2 aromatic rings. The first-order valence-corrected chi connectivity index (χ1v) is 8.62. The van der Waals surface area contributed by atoms with Crippen LogP contribution in [-0.2, 0) is 9.53 Å². The van der Waals surface area contributed by atoms with Crippen LogP contribution in [0.2, 0.25) is 0 Å². The fourth-order valence-corrected chi connectivity index (χ4v) is 3.01. The lowest BCUT2D eigenvalue weighted by molar-refractivity contribution is -0.612. The number of hydrogen-bond acceptors (Lipinski definition) is 5. The van der Waals surface area contributed by atoms with E-state index < -0.39 is 0 Å². The van der Waals surface area contributed by atoms with Gasteiger partial charge in [-0.2, -0.15) is 0 Å². The quantitative estimate of drug-likeness (QED) is 0.654. The van der Waals surface area contributed by atoms with Gasteiger partial charge in [0.05, 0.1) is 18.3 Å². The Kier molecular flexibility index (Phi) is 5.58. The van der Waals surface area contributed by atoms with E-state index in [9.17, 15) is 10.0 Å². The molecule has 2 unspecified atom stereocenters. The van der Waals surface area contributed by atoms with Crippen molar-refractivity contribution in [2.45, 2.75) is 26.1 Å². The van der Waals surface area contributed by atoms with Gasteiger partial charge in [0.1, 0.15) is 0 Å². The molecule has 1 N–H and O–H groups in total. The van der Waals surface area contributed by atoms with Crippen LogP contribution in [0.3, 0.4) is 0 Å². The number of benzene rings is 1. The summed E-state index contributed by atoms with van der Waals surface area (Å²) in [6.07, 6.45) is 1.70. The summed E-state index contributed by atoms with van der Waals surface area (Å²) in [5.41, 5.74) is 1.78. The van der Waals surface area contributed by atoms with Gasteiger partial charge in [-0.1, -0.05) is 0 Å². The number of anilines is 2. The number of hydrogen-bond donors (Lipinski definition) is 1. The predicted octanol–water partition coefficient (Wildman–Crippen LogP) is 1.95. The van der Waals surface area contributed by atoms with Crippen LogP contribution in [0.4, 0.5) is 11.4 Å². The normalized spacial score (nSPS) is 19.8. The lowest BCUT2D eigenvalue weighted by atomic mass is 10.2. The number of rotatable bonds is 5. The zero-order valence-electron chi connectivity index (χ0n) is 14.9. The third-order valence-electron chi connectivity index (χ3n) is 4.08. The number of nitrogens with one attached hydrogen (secondary N) is 1. The maximum Gasteiger partial charge on any atom is 0.379 e. The minimum absolute atomic E-state index is 0.0913. The zero-order valence-corrected chi connectivity index (χ0v) is 14.9. The van der Waals surface area contributed by atoms with E-state index >= 15 is 0 Å². The Bertz CT molecular complexity index is 741. The van der Waals surface area contributed by atoms with Gasteiger partial charge in [-0.3, -0.25) is 4.79 Å². The molecule has 0 bridgehead atoms. The van der Waals surface area contributed by atoms with Gasteiger partial charge in [-0.15, -0.1) is 4.73 Å². The van der Waals surface area contributed by atoms with Crippen LogP contribution in [0.1, 0.15) is 13.8 Å². The largest absolute Gasteiger partial charge is 0.616 e. The zero-order chi connectivity index (χ0) is 18.5. The van der Waals surface area contributed by atoms with E-state index in [-0.39, 0.29) is 30.6 Å². The second-order valence-corrected chi connectivity index (χ2v) is 6.41. The molecule has 26 heavy (non-hydrogen) atoms. The second kappa shape index (κ2) is 8.05. The predicted molar refractivity (Wildman–Crippen MR) is 98.2 cm³/mol. The number of aromatic nitrogens is 1. The smallest absolute Gasteiger partial charge is 0.379 e. The lowest BCUT2D eigenvalue weighted by Crippen LogP contribution is -2.45. The van der Waals surface area contributed by atoms with Gasteiger partial charge in [0.2, 0.25) is 0 Å². The van der Waals surface area contributed by atoms with Crippen molar-refractivity contribution in [1.29, 1.82) is 0 Å². The van der Waals surface area contributed by atoms with E-state index in [0.29, 0.717) is 10.4 Å². The van der Waals surface area contributed by atoms with Gasteiger partial charge in [0.25, 0.3) is 5.91 Å². The second-order valence-electron chi connectivity index (χ2n) is 6.41. The van der Waals surface area contributed by atoms with Gasteiger partial charge in [-0.05, 0) is 44.2 Å². The van der Waals surface area contributed by atoms with Crippen molar-refractivity contribution in [2.24, 2.45) is 0 Å². The van der Waals surface area contributed by atoms with Crippen LogP contribution < -0.4 is 19.7 Å². The average molecular weight is 357 g/mol. The number of carbonyl (C=O) groups is 1. The molecule has 1 amide bonds. The fourth-order valence-electron chi connectivity index (χ4n) is 3.01. The highest BCUT2D eigenvalue weighted by atomic mass is 16.6. The molecule has 1 aliphatic heterocycles. The third-order valence-corrected chi connectivity index (χ3v) is 4.08. The molecular weight excluding hydrogens is 334 g/mol. The monoisotopic (exact) mass is 357 g/mol. The van der Waals surface area contributed by atoms with E-state index in [1.165, 1.54) is 12.3 Å². The van der Waals surface area contributed by atoms with Crippen LogP contribution in [0.15, 0.2) is 48.7 Å². The summed E-state index contributed by atoms with van der Waals surface area (Å²) in [6, 6.07) is 12.4. The van der Waals surface area contributed by atoms with Crippen LogP contribution in [-0.4, -0.2) is 37.8 Å². The lowest BCUT2D eigenvalue weighted by Gasteiger charge is -2.36. The standard InChI is InChI=1S/C19H23N3O4/c1-14-11-21(12-15(2)26-14)17-8-6-16(7-9-17)20-18(23)13-25-19-5-3-4-10-22(19)24/h3-10,14-15H,11-13H2,1-2H3,(H,20,23). The van der Waals surface area contributed by atoms with Gasteiger partial charge in [-0.25, -0.2) is 0 Å². The van der Waals surface area contributed by atoms with Crippen molar-refractivity contribution >= 4 is 17.3 Å². The molecule has 3 rings (SSSR count). The number of carbonyl (C=O) groups excluding carboxylic acids is 1.